The minimum Gasteiger partial charge on any atom is -0.319 e. The highest BCUT2D eigenvalue weighted by molar-refractivity contribution is 5.36. The fourth-order valence-electron chi connectivity index (χ4n) is 5.85. The van der Waals surface area contributed by atoms with Crippen LogP contribution in [0.3, 0.4) is 0 Å². The van der Waals surface area contributed by atoms with Crippen LogP contribution >= 0.6 is 0 Å². The van der Waals surface area contributed by atoms with Gasteiger partial charge in [-0.25, -0.2) is 0 Å². The summed E-state index contributed by atoms with van der Waals surface area (Å²) in [5.41, 5.74) is 3.21. The van der Waals surface area contributed by atoms with Gasteiger partial charge in [0.2, 0.25) is 0 Å². The monoisotopic (exact) mass is 394 g/mol. The first-order chi connectivity index (χ1) is 14.1. The van der Waals surface area contributed by atoms with Crippen LogP contribution in [-0.4, -0.2) is 29.7 Å². The van der Waals surface area contributed by atoms with E-state index in [-0.39, 0.29) is 5.54 Å². The highest BCUT2D eigenvalue weighted by Crippen LogP contribution is 2.49. The van der Waals surface area contributed by atoms with Gasteiger partial charge in [-0.15, -0.1) is 0 Å². The van der Waals surface area contributed by atoms with Crippen molar-refractivity contribution < 1.29 is 4.48 Å². The van der Waals surface area contributed by atoms with Crippen molar-refractivity contribution in [1.29, 1.82) is 0 Å². The summed E-state index contributed by atoms with van der Waals surface area (Å²) in [5, 5.41) is 0. The van der Waals surface area contributed by atoms with Crippen LogP contribution in [0.15, 0.2) is 60.7 Å². The van der Waals surface area contributed by atoms with Gasteiger partial charge in [-0.3, -0.25) is 0 Å². The maximum Gasteiger partial charge on any atom is 0.110 e. The molecule has 29 heavy (non-hydrogen) atoms. The Morgan fingerprint density at radius 2 is 1.00 bits per heavy atom. The average molecular weight is 395 g/mol. The zero-order chi connectivity index (χ0) is 21.2. The number of hydrogen-bond acceptors (Lipinski definition) is 0. The summed E-state index contributed by atoms with van der Waals surface area (Å²) in [7, 11) is 0. The number of rotatable bonds is 13. The van der Waals surface area contributed by atoms with Gasteiger partial charge in [-0.1, -0.05) is 87.4 Å². The maximum atomic E-state index is 2.42. The Balaban J connectivity index is 2.80. The summed E-state index contributed by atoms with van der Waals surface area (Å²) in [6, 6.07) is 22.7. The van der Waals surface area contributed by atoms with Gasteiger partial charge < -0.3 is 4.48 Å². The van der Waals surface area contributed by atoms with E-state index in [9.17, 15) is 0 Å². The molecule has 2 rings (SSSR count). The van der Waals surface area contributed by atoms with Crippen molar-refractivity contribution in [3.63, 3.8) is 0 Å². The molecule has 0 saturated heterocycles. The van der Waals surface area contributed by atoms with Crippen molar-refractivity contribution in [2.24, 2.45) is 0 Å². The summed E-state index contributed by atoms with van der Waals surface area (Å²) >= 11 is 0. The minimum absolute atomic E-state index is 0.229. The molecule has 0 atom stereocenters. The molecule has 1 nitrogen and oxygen atoms in total. The van der Waals surface area contributed by atoms with Gasteiger partial charge in [0, 0.05) is 12.8 Å². The lowest BCUT2D eigenvalue weighted by atomic mass is 9.67. The molecule has 0 spiro atoms. The smallest absolute Gasteiger partial charge is 0.110 e. The molecule has 0 amide bonds. The molecule has 160 valence electrons. The molecular weight excluding hydrogens is 350 g/mol. The second kappa shape index (κ2) is 11.6. The molecule has 0 aliphatic carbocycles. The van der Waals surface area contributed by atoms with Crippen LogP contribution in [0.25, 0.3) is 0 Å². The van der Waals surface area contributed by atoms with E-state index >= 15 is 0 Å². The summed E-state index contributed by atoms with van der Waals surface area (Å²) in [6.07, 6.45) is 7.74. The van der Waals surface area contributed by atoms with Gasteiger partial charge in [-0.2, -0.15) is 0 Å². The third-order valence-corrected chi connectivity index (χ3v) is 7.49. The molecule has 0 aliphatic rings. The number of likely N-dealkylation sites (N-methyl/N-ethyl adjacent to an activating group) is 1. The molecular formula is C28H44N+. The molecule has 0 radical (unpaired) electrons. The van der Waals surface area contributed by atoms with Crippen LogP contribution in [0.4, 0.5) is 0 Å². The van der Waals surface area contributed by atoms with Crippen molar-refractivity contribution in [3.05, 3.63) is 71.8 Å². The molecule has 0 N–H and O–H groups in total. The molecule has 0 bridgehead atoms. The van der Waals surface area contributed by atoms with Crippen LogP contribution < -0.4 is 0 Å². The number of quaternary nitrogens is 1. The Morgan fingerprint density at radius 1 is 0.621 bits per heavy atom. The summed E-state index contributed by atoms with van der Waals surface area (Å²) in [5.74, 6) is 0.433. The van der Waals surface area contributed by atoms with Crippen molar-refractivity contribution in [2.75, 3.05) is 19.6 Å². The first-order valence-electron chi connectivity index (χ1n) is 12.1. The zero-order valence-electron chi connectivity index (χ0n) is 19.7. The number of unbranched alkanes of at least 4 members (excludes halogenated alkanes) is 2. The van der Waals surface area contributed by atoms with Gasteiger partial charge in [-0.05, 0) is 44.7 Å². The minimum atomic E-state index is 0.229. The van der Waals surface area contributed by atoms with E-state index in [1.54, 1.807) is 0 Å². The SMILES string of the molecule is CCCCC(CCCC)(C(c1ccccc1)c1ccccc1)[N+](CC)(CC)CC. The quantitative estimate of drug-likeness (QED) is 0.304. The van der Waals surface area contributed by atoms with Gasteiger partial charge in [0.1, 0.15) is 5.54 Å². The van der Waals surface area contributed by atoms with Crippen LogP contribution in [-0.2, 0) is 0 Å². The second-order valence-electron chi connectivity index (χ2n) is 8.66. The molecule has 0 unspecified atom stereocenters. The van der Waals surface area contributed by atoms with E-state index in [1.807, 2.05) is 0 Å². The van der Waals surface area contributed by atoms with Gasteiger partial charge >= 0.3 is 0 Å². The lowest BCUT2D eigenvalue weighted by molar-refractivity contribution is -0.974. The summed E-state index contributed by atoms with van der Waals surface area (Å²) in [4.78, 5) is 0. The second-order valence-corrected chi connectivity index (χ2v) is 8.66. The molecule has 0 heterocycles. The Kier molecular flexibility index (Phi) is 9.43. The van der Waals surface area contributed by atoms with Gasteiger partial charge in [0.05, 0.1) is 25.6 Å². The predicted molar refractivity (Wildman–Crippen MR) is 128 cm³/mol. The lowest BCUT2D eigenvalue weighted by Gasteiger charge is -2.57. The van der Waals surface area contributed by atoms with Crippen molar-refractivity contribution >= 4 is 0 Å². The molecule has 0 aromatic heterocycles. The molecule has 2 aromatic rings. The third kappa shape index (κ3) is 4.94. The third-order valence-electron chi connectivity index (χ3n) is 7.49. The first kappa shape index (κ1) is 23.7. The van der Waals surface area contributed by atoms with Crippen LogP contribution in [0.1, 0.15) is 90.2 Å². The fraction of sp³-hybridized carbons (Fsp3) is 0.571. The predicted octanol–water partition coefficient (Wildman–Crippen LogP) is 7.81. The van der Waals surface area contributed by atoms with E-state index in [2.05, 4.69) is 95.3 Å². The normalized spacial score (nSPS) is 12.5. The van der Waals surface area contributed by atoms with Crippen LogP contribution in [0, 0.1) is 0 Å². The number of hydrogen-bond donors (Lipinski definition) is 0. The van der Waals surface area contributed by atoms with Crippen molar-refractivity contribution in [1.82, 2.24) is 0 Å². The lowest BCUT2D eigenvalue weighted by Crippen LogP contribution is -2.67. The van der Waals surface area contributed by atoms with E-state index < -0.39 is 0 Å². The largest absolute Gasteiger partial charge is 0.319 e. The van der Waals surface area contributed by atoms with Crippen LogP contribution in [0.5, 0.6) is 0 Å². The van der Waals surface area contributed by atoms with E-state index in [0.717, 1.165) is 0 Å². The van der Waals surface area contributed by atoms with E-state index in [1.165, 1.54) is 73.8 Å². The van der Waals surface area contributed by atoms with E-state index in [4.69, 9.17) is 0 Å². The standard InChI is InChI=1S/C28H44N/c1-6-11-23-28(24-12-7-2,29(8-3,9-4)10-5)27(25-19-15-13-16-20-25)26-21-17-14-18-22-26/h13-22,27H,6-12,23-24H2,1-5H3/q+1. The Labute approximate surface area is 180 Å². The van der Waals surface area contributed by atoms with Crippen LogP contribution in [0.2, 0.25) is 0 Å². The fourth-order valence-corrected chi connectivity index (χ4v) is 5.85. The molecule has 0 aliphatic heterocycles. The average Bonchev–Trinajstić information content (AvgIpc) is 2.79. The zero-order valence-corrected chi connectivity index (χ0v) is 19.7. The number of benzene rings is 2. The Bertz CT molecular complexity index is 616. The highest BCUT2D eigenvalue weighted by atomic mass is 15.4. The molecule has 2 aromatic carbocycles. The topological polar surface area (TPSA) is 0 Å². The first-order valence-corrected chi connectivity index (χ1v) is 12.1. The molecule has 0 saturated carbocycles. The molecule has 1 heteroatoms. The highest BCUT2D eigenvalue weighted by Gasteiger charge is 2.53. The number of nitrogens with zero attached hydrogens (tertiary/aromatic N) is 1. The maximum absolute atomic E-state index is 2.42. The molecule has 0 fully saturated rings. The van der Waals surface area contributed by atoms with Crippen molar-refractivity contribution in [3.8, 4) is 0 Å². The van der Waals surface area contributed by atoms with Gasteiger partial charge in [0.25, 0.3) is 0 Å². The summed E-state index contributed by atoms with van der Waals surface area (Å²) < 4.78 is 1.21. The Morgan fingerprint density at radius 3 is 1.31 bits per heavy atom. The summed E-state index contributed by atoms with van der Waals surface area (Å²) in [6.45, 7) is 15.6. The van der Waals surface area contributed by atoms with Gasteiger partial charge in [0.15, 0.2) is 0 Å². The van der Waals surface area contributed by atoms with E-state index in [0.29, 0.717) is 5.92 Å². The van der Waals surface area contributed by atoms with Crippen molar-refractivity contribution in [2.45, 2.75) is 84.6 Å². The Hall–Kier alpha value is -1.60.